The van der Waals surface area contributed by atoms with Gasteiger partial charge in [0.2, 0.25) is 5.88 Å². The Morgan fingerprint density at radius 2 is 2.12 bits per heavy atom. The first-order valence-corrected chi connectivity index (χ1v) is 9.82. The molecule has 1 unspecified atom stereocenters. The van der Waals surface area contributed by atoms with Gasteiger partial charge in [0, 0.05) is 35.3 Å². The topological polar surface area (TPSA) is 42.4 Å². The summed E-state index contributed by atoms with van der Waals surface area (Å²) in [6.07, 6.45) is 5.11. The Balaban J connectivity index is 2.05. The van der Waals surface area contributed by atoms with Crippen molar-refractivity contribution in [2.45, 2.75) is 70.8 Å². The van der Waals surface area contributed by atoms with E-state index in [9.17, 15) is 4.79 Å². The number of carbonyl (C=O) groups is 1. The number of thioether (sulfide) groups is 1. The van der Waals surface area contributed by atoms with Crippen LogP contribution in [0.5, 0.6) is 5.88 Å². The van der Waals surface area contributed by atoms with E-state index in [-0.39, 0.29) is 16.8 Å². The van der Waals surface area contributed by atoms with E-state index in [1.807, 2.05) is 36.6 Å². The number of hydrogen-bond donors (Lipinski definition) is 0. The summed E-state index contributed by atoms with van der Waals surface area (Å²) in [6.45, 7) is 11.5. The summed E-state index contributed by atoms with van der Waals surface area (Å²) >= 11 is 1.94. The summed E-state index contributed by atoms with van der Waals surface area (Å²) in [5.41, 5.74) is 0.652. The zero-order chi connectivity index (χ0) is 17.7. The molecule has 0 aromatic carbocycles. The van der Waals surface area contributed by atoms with Gasteiger partial charge in [0.15, 0.2) is 0 Å². The molecule has 0 bridgehead atoms. The second-order valence-corrected chi connectivity index (χ2v) is 9.47. The summed E-state index contributed by atoms with van der Waals surface area (Å²) in [5, 5.41) is 0. The third-order valence-electron chi connectivity index (χ3n) is 3.94. The van der Waals surface area contributed by atoms with Gasteiger partial charge < -0.3 is 9.64 Å². The number of pyridine rings is 1. The number of aromatic nitrogens is 1. The van der Waals surface area contributed by atoms with Gasteiger partial charge in [0.05, 0.1) is 11.7 Å². The van der Waals surface area contributed by atoms with Crippen LogP contribution in [0.15, 0.2) is 18.3 Å². The number of carbonyl (C=O) groups excluding carboxylic acids is 1. The van der Waals surface area contributed by atoms with Gasteiger partial charge in [-0.25, -0.2) is 4.98 Å². The average molecular weight is 351 g/mol. The van der Waals surface area contributed by atoms with Crippen LogP contribution in [-0.2, 0) is 0 Å². The Morgan fingerprint density at radius 1 is 1.38 bits per heavy atom. The highest BCUT2D eigenvalue weighted by molar-refractivity contribution is 8.00. The summed E-state index contributed by atoms with van der Waals surface area (Å²) in [4.78, 5) is 19.2. The number of likely N-dealkylation sites (tertiary alicyclic amines) is 1. The first-order chi connectivity index (χ1) is 11.3. The first kappa shape index (κ1) is 19.1. The molecular formula is C19H30N2O2S. The van der Waals surface area contributed by atoms with Gasteiger partial charge in [0.25, 0.3) is 5.91 Å². The van der Waals surface area contributed by atoms with Crippen molar-refractivity contribution in [1.29, 1.82) is 0 Å². The van der Waals surface area contributed by atoms with Gasteiger partial charge in [-0.3, -0.25) is 4.79 Å². The molecule has 0 saturated carbocycles. The second kappa shape index (κ2) is 8.24. The SMILES string of the molecule is CC(C)Oc1ccc(C(=O)N2CCCCC2CSC(C)(C)C)cn1. The summed E-state index contributed by atoms with van der Waals surface area (Å²) in [6, 6.07) is 3.94. The molecule has 1 amide bonds. The molecule has 1 fully saturated rings. The molecule has 0 aliphatic carbocycles. The van der Waals surface area contributed by atoms with E-state index < -0.39 is 0 Å². The van der Waals surface area contributed by atoms with Crippen LogP contribution in [0.25, 0.3) is 0 Å². The van der Waals surface area contributed by atoms with E-state index in [4.69, 9.17) is 4.74 Å². The van der Waals surface area contributed by atoms with Gasteiger partial charge in [-0.1, -0.05) is 20.8 Å². The van der Waals surface area contributed by atoms with Crippen LogP contribution in [0.1, 0.15) is 64.2 Å². The van der Waals surface area contributed by atoms with Crippen molar-refractivity contribution in [2.24, 2.45) is 0 Å². The van der Waals surface area contributed by atoms with Crippen molar-refractivity contribution in [2.75, 3.05) is 12.3 Å². The largest absolute Gasteiger partial charge is 0.475 e. The van der Waals surface area contributed by atoms with Crippen molar-refractivity contribution < 1.29 is 9.53 Å². The monoisotopic (exact) mass is 350 g/mol. The summed E-state index contributed by atoms with van der Waals surface area (Å²) in [7, 11) is 0. The first-order valence-electron chi connectivity index (χ1n) is 8.84. The standard InChI is InChI=1S/C19H30N2O2S/c1-14(2)23-17-10-9-15(12-20-17)18(22)21-11-7-6-8-16(21)13-24-19(3,4)5/h9-10,12,14,16H,6-8,11,13H2,1-5H3. The lowest BCUT2D eigenvalue weighted by atomic mass is 10.0. The van der Waals surface area contributed by atoms with Crippen molar-refractivity contribution in [1.82, 2.24) is 9.88 Å². The molecule has 1 aliphatic heterocycles. The number of ether oxygens (including phenoxy) is 1. The number of hydrogen-bond acceptors (Lipinski definition) is 4. The minimum atomic E-state index is 0.0833. The Kier molecular flexibility index (Phi) is 6.55. The molecule has 1 aromatic heterocycles. The molecule has 1 aliphatic rings. The molecule has 1 saturated heterocycles. The van der Waals surface area contributed by atoms with Gasteiger partial charge in [-0.15, -0.1) is 0 Å². The highest BCUT2D eigenvalue weighted by atomic mass is 32.2. The predicted molar refractivity (Wildman–Crippen MR) is 101 cm³/mol. The normalized spacial score (nSPS) is 18.8. The van der Waals surface area contributed by atoms with Crippen LogP contribution in [-0.4, -0.2) is 45.0 Å². The molecule has 2 heterocycles. The van der Waals surface area contributed by atoms with Gasteiger partial charge in [0.1, 0.15) is 0 Å². The van der Waals surface area contributed by atoms with Crippen molar-refractivity contribution in [3.05, 3.63) is 23.9 Å². The third-order valence-corrected chi connectivity index (χ3v) is 5.35. The molecule has 1 aromatic rings. The van der Waals surface area contributed by atoms with Crippen LogP contribution in [0.3, 0.4) is 0 Å². The highest BCUT2D eigenvalue weighted by Crippen LogP contribution is 2.29. The quantitative estimate of drug-likeness (QED) is 0.789. The van der Waals surface area contributed by atoms with Crippen LogP contribution in [0.4, 0.5) is 0 Å². The second-order valence-electron chi connectivity index (χ2n) is 7.62. The minimum absolute atomic E-state index is 0.0833. The Bertz CT molecular complexity index is 537. The van der Waals surface area contributed by atoms with E-state index in [2.05, 4.69) is 25.8 Å². The maximum Gasteiger partial charge on any atom is 0.255 e. The molecular weight excluding hydrogens is 320 g/mol. The van der Waals surface area contributed by atoms with E-state index in [1.54, 1.807) is 12.3 Å². The van der Waals surface area contributed by atoms with E-state index in [0.29, 0.717) is 17.5 Å². The maximum atomic E-state index is 12.9. The Labute approximate surface area is 150 Å². The Hall–Kier alpha value is -1.23. The molecule has 24 heavy (non-hydrogen) atoms. The fourth-order valence-electron chi connectivity index (χ4n) is 2.77. The lowest BCUT2D eigenvalue weighted by Gasteiger charge is -2.37. The van der Waals surface area contributed by atoms with Gasteiger partial charge in [-0.05, 0) is 39.2 Å². The molecule has 134 valence electrons. The fraction of sp³-hybridized carbons (Fsp3) is 0.684. The van der Waals surface area contributed by atoms with E-state index in [1.165, 1.54) is 6.42 Å². The number of amides is 1. The molecule has 1 atom stereocenters. The van der Waals surface area contributed by atoms with E-state index in [0.717, 1.165) is 25.1 Å². The van der Waals surface area contributed by atoms with Crippen LogP contribution in [0, 0.1) is 0 Å². The fourth-order valence-corrected chi connectivity index (χ4v) is 3.81. The lowest BCUT2D eigenvalue weighted by Crippen LogP contribution is -2.45. The van der Waals surface area contributed by atoms with Gasteiger partial charge in [-0.2, -0.15) is 11.8 Å². The number of nitrogens with zero attached hydrogens (tertiary/aromatic N) is 2. The molecule has 2 rings (SSSR count). The zero-order valence-corrected chi connectivity index (χ0v) is 16.4. The summed E-state index contributed by atoms with van der Waals surface area (Å²) in [5.74, 6) is 1.66. The minimum Gasteiger partial charge on any atom is -0.475 e. The van der Waals surface area contributed by atoms with Crippen LogP contribution >= 0.6 is 11.8 Å². The van der Waals surface area contributed by atoms with Crippen molar-refractivity contribution in [3.63, 3.8) is 0 Å². The average Bonchev–Trinajstić information content (AvgIpc) is 2.52. The maximum absolute atomic E-state index is 12.9. The van der Waals surface area contributed by atoms with Crippen LogP contribution in [0.2, 0.25) is 0 Å². The lowest BCUT2D eigenvalue weighted by molar-refractivity contribution is 0.0640. The molecule has 0 spiro atoms. The Morgan fingerprint density at radius 3 is 2.71 bits per heavy atom. The van der Waals surface area contributed by atoms with Crippen molar-refractivity contribution in [3.8, 4) is 5.88 Å². The molecule has 0 radical (unpaired) electrons. The third kappa shape index (κ3) is 5.69. The van der Waals surface area contributed by atoms with Crippen molar-refractivity contribution >= 4 is 17.7 Å². The van der Waals surface area contributed by atoms with Crippen LogP contribution < -0.4 is 4.74 Å². The smallest absolute Gasteiger partial charge is 0.255 e. The molecule has 0 N–H and O–H groups in total. The number of piperidine rings is 1. The molecule has 5 heteroatoms. The summed E-state index contributed by atoms with van der Waals surface area (Å²) < 4.78 is 5.78. The molecule has 4 nitrogen and oxygen atoms in total. The highest BCUT2D eigenvalue weighted by Gasteiger charge is 2.29. The predicted octanol–water partition coefficient (Wildman–Crippen LogP) is 4.40. The van der Waals surface area contributed by atoms with Gasteiger partial charge >= 0.3 is 0 Å². The zero-order valence-electron chi connectivity index (χ0n) is 15.5. The number of rotatable bonds is 5. The van der Waals surface area contributed by atoms with E-state index >= 15 is 0 Å².